The molecule has 1 aromatic heterocycles. The molecular formula is C11H18N2OS. The highest BCUT2D eigenvalue weighted by Crippen LogP contribution is 2.13. The third-order valence-electron chi connectivity index (χ3n) is 2.26. The first-order chi connectivity index (χ1) is 7.15. The number of thiophene rings is 1. The van der Waals surface area contributed by atoms with Gasteiger partial charge in [-0.25, -0.2) is 0 Å². The third-order valence-corrected chi connectivity index (χ3v) is 3.13. The van der Waals surface area contributed by atoms with Gasteiger partial charge in [0.2, 0.25) is 0 Å². The predicted octanol–water partition coefficient (Wildman–Crippen LogP) is 1.64. The normalized spacial score (nSPS) is 12.5. The van der Waals surface area contributed by atoms with E-state index in [1.54, 1.807) is 11.3 Å². The first-order valence-electron chi connectivity index (χ1n) is 5.10. The maximum absolute atomic E-state index is 11.7. The van der Waals surface area contributed by atoms with Crippen molar-refractivity contribution in [3.63, 3.8) is 0 Å². The fourth-order valence-electron chi connectivity index (χ4n) is 1.38. The van der Waals surface area contributed by atoms with Gasteiger partial charge in [-0.1, -0.05) is 6.92 Å². The lowest BCUT2D eigenvalue weighted by molar-refractivity contribution is 0.0948. The van der Waals surface area contributed by atoms with Crippen LogP contribution in [0.5, 0.6) is 0 Å². The zero-order valence-electron chi connectivity index (χ0n) is 9.46. The molecule has 1 unspecified atom stereocenters. The Kier molecular flexibility index (Phi) is 4.78. The molecule has 0 aromatic carbocycles. The molecule has 0 aliphatic rings. The highest BCUT2D eigenvalue weighted by molar-refractivity contribution is 7.08. The van der Waals surface area contributed by atoms with Gasteiger partial charge in [0.15, 0.2) is 0 Å². The van der Waals surface area contributed by atoms with Crippen LogP contribution in [0.25, 0.3) is 0 Å². The maximum atomic E-state index is 11.7. The molecule has 1 rings (SSSR count). The average Bonchev–Trinajstić information content (AvgIpc) is 2.61. The fourth-order valence-corrected chi connectivity index (χ4v) is 2.20. The molecule has 0 spiro atoms. The summed E-state index contributed by atoms with van der Waals surface area (Å²) in [5.41, 5.74) is 1.86. The molecule has 15 heavy (non-hydrogen) atoms. The third kappa shape index (κ3) is 3.64. The second kappa shape index (κ2) is 5.88. The van der Waals surface area contributed by atoms with Crippen LogP contribution in [0.2, 0.25) is 0 Å². The SMILES string of the molecule is CNCC(C)CNC(=O)c1cscc1C. The van der Waals surface area contributed by atoms with E-state index >= 15 is 0 Å². The van der Waals surface area contributed by atoms with Gasteiger partial charge in [-0.15, -0.1) is 0 Å². The van der Waals surface area contributed by atoms with Crippen molar-refractivity contribution in [1.29, 1.82) is 0 Å². The lowest BCUT2D eigenvalue weighted by Crippen LogP contribution is -2.32. The second-order valence-corrected chi connectivity index (χ2v) is 4.58. The minimum absolute atomic E-state index is 0.0386. The average molecular weight is 226 g/mol. The van der Waals surface area contributed by atoms with Crippen LogP contribution in [0.3, 0.4) is 0 Å². The fraction of sp³-hybridized carbons (Fsp3) is 0.545. The molecule has 0 fully saturated rings. The number of hydrogen-bond donors (Lipinski definition) is 2. The summed E-state index contributed by atoms with van der Waals surface area (Å²) in [6.07, 6.45) is 0. The molecule has 4 heteroatoms. The number of carbonyl (C=O) groups is 1. The minimum Gasteiger partial charge on any atom is -0.352 e. The van der Waals surface area contributed by atoms with Crippen LogP contribution in [0, 0.1) is 12.8 Å². The summed E-state index contributed by atoms with van der Waals surface area (Å²) >= 11 is 1.57. The number of hydrogen-bond acceptors (Lipinski definition) is 3. The van der Waals surface area contributed by atoms with E-state index in [4.69, 9.17) is 0 Å². The Bertz CT molecular complexity index is 322. The van der Waals surface area contributed by atoms with Crippen LogP contribution in [0.1, 0.15) is 22.8 Å². The molecule has 0 bridgehead atoms. The van der Waals surface area contributed by atoms with Crippen molar-refractivity contribution in [1.82, 2.24) is 10.6 Å². The zero-order valence-corrected chi connectivity index (χ0v) is 10.3. The molecule has 0 aliphatic carbocycles. The first-order valence-corrected chi connectivity index (χ1v) is 6.05. The van der Waals surface area contributed by atoms with E-state index in [1.165, 1.54) is 0 Å². The Morgan fingerprint density at radius 2 is 2.20 bits per heavy atom. The van der Waals surface area contributed by atoms with Crippen molar-refractivity contribution >= 4 is 17.2 Å². The van der Waals surface area contributed by atoms with Gasteiger partial charge < -0.3 is 10.6 Å². The van der Waals surface area contributed by atoms with Gasteiger partial charge >= 0.3 is 0 Å². The van der Waals surface area contributed by atoms with Crippen LogP contribution in [-0.2, 0) is 0 Å². The van der Waals surface area contributed by atoms with E-state index in [0.29, 0.717) is 5.92 Å². The van der Waals surface area contributed by atoms with Crippen LogP contribution in [-0.4, -0.2) is 26.0 Å². The van der Waals surface area contributed by atoms with Gasteiger partial charge in [0, 0.05) is 11.9 Å². The monoisotopic (exact) mass is 226 g/mol. The highest BCUT2D eigenvalue weighted by Gasteiger charge is 2.10. The molecule has 0 saturated carbocycles. The van der Waals surface area contributed by atoms with E-state index in [2.05, 4.69) is 17.6 Å². The minimum atomic E-state index is 0.0386. The van der Waals surface area contributed by atoms with Crippen LogP contribution >= 0.6 is 11.3 Å². The largest absolute Gasteiger partial charge is 0.352 e. The molecule has 1 amide bonds. The van der Waals surface area contributed by atoms with Crippen LogP contribution < -0.4 is 10.6 Å². The van der Waals surface area contributed by atoms with Crippen LogP contribution in [0.15, 0.2) is 10.8 Å². The summed E-state index contributed by atoms with van der Waals surface area (Å²) in [6.45, 7) is 5.71. The summed E-state index contributed by atoms with van der Waals surface area (Å²) in [6, 6.07) is 0. The molecule has 0 radical (unpaired) electrons. The van der Waals surface area contributed by atoms with E-state index in [-0.39, 0.29) is 5.91 Å². The first kappa shape index (κ1) is 12.2. The lowest BCUT2D eigenvalue weighted by atomic mass is 10.1. The topological polar surface area (TPSA) is 41.1 Å². The molecule has 1 heterocycles. The Hall–Kier alpha value is -0.870. The van der Waals surface area contributed by atoms with E-state index in [0.717, 1.165) is 24.2 Å². The van der Waals surface area contributed by atoms with Crippen molar-refractivity contribution in [2.45, 2.75) is 13.8 Å². The standard InChI is InChI=1S/C11H18N2OS/c1-8(4-12-3)5-13-11(14)10-7-15-6-9(10)2/h6-8,12H,4-5H2,1-3H3,(H,13,14). The van der Waals surface area contributed by atoms with Gasteiger partial charge in [0.25, 0.3) is 5.91 Å². The van der Waals surface area contributed by atoms with Gasteiger partial charge in [-0.3, -0.25) is 4.79 Å². The summed E-state index contributed by atoms with van der Waals surface area (Å²) in [5.74, 6) is 0.495. The van der Waals surface area contributed by atoms with Crippen molar-refractivity contribution < 1.29 is 4.79 Å². The van der Waals surface area contributed by atoms with Crippen LogP contribution in [0.4, 0.5) is 0 Å². The highest BCUT2D eigenvalue weighted by atomic mass is 32.1. The van der Waals surface area contributed by atoms with Crippen molar-refractivity contribution in [2.24, 2.45) is 5.92 Å². The summed E-state index contributed by atoms with van der Waals surface area (Å²) in [7, 11) is 1.92. The van der Waals surface area contributed by atoms with Gasteiger partial charge in [0.1, 0.15) is 0 Å². The van der Waals surface area contributed by atoms with Crippen molar-refractivity contribution in [3.8, 4) is 0 Å². The van der Waals surface area contributed by atoms with Crippen molar-refractivity contribution in [3.05, 3.63) is 21.9 Å². The quantitative estimate of drug-likeness (QED) is 0.801. The second-order valence-electron chi connectivity index (χ2n) is 3.84. The number of amides is 1. The van der Waals surface area contributed by atoms with Crippen molar-refractivity contribution in [2.75, 3.05) is 20.1 Å². The Morgan fingerprint density at radius 1 is 1.47 bits per heavy atom. The summed E-state index contributed by atoms with van der Waals surface area (Å²) in [4.78, 5) is 11.7. The molecular weight excluding hydrogens is 208 g/mol. The van der Waals surface area contributed by atoms with E-state index in [9.17, 15) is 4.79 Å². The van der Waals surface area contributed by atoms with E-state index < -0.39 is 0 Å². The number of nitrogens with one attached hydrogen (secondary N) is 2. The number of aryl methyl sites for hydroxylation is 1. The molecule has 1 aromatic rings. The lowest BCUT2D eigenvalue weighted by Gasteiger charge is -2.11. The molecule has 3 nitrogen and oxygen atoms in total. The Balaban J connectivity index is 2.40. The van der Waals surface area contributed by atoms with E-state index in [1.807, 2.05) is 24.7 Å². The summed E-state index contributed by atoms with van der Waals surface area (Å²) in [5, 5.41) is 9.91. The Labute approximate surface area is 94.9 Å². The maximum Gasteiger partial charge on any atom is 0.252 e. The number of carbonyl (C=O) groups excluding carboxylic acids is 1. The molecule has 0 saturated heterocycles. The zero-order chi connectivity index (χ0) is 11.3. The molecule has 1 atom stereocenters. The van der Waals surface area contributed by atoms with Gasteiger partial charge in [0.05, 0.1) is 5.56 Å². The van der Waals surface area contributed by atoms with Gasteiger partial charge in [-0.05, 0) is 37.4 Å². The molecule has 0 aliphatic heterocycles. The summed E-state index contributed by atoms with van der Waals surface area (Å²) < 4.78 is 0. The van der Waals surface area contributed by atoms with Gasteiger partial charge in [-0.2, -0.15) is 11.3 Å². The smallest absolute Gasteiger partial charge is 0.252 e. The molecule has 84 valence electrons. The number of rotatable bonds is 5. The Morgan fingerprint density at radius 3 is 2.73 bits per heavy atom. The molecule has 2 N–H and O–H groups in total. The predicted molar refractivity (Wildman–Crippen MR) is 64.5 cm³/mol.